The van der Waals surface area contributed by atoms with Gasteiger partial charge in [0.2, 0.25) is 0 Å². The molecule has 0 amide bonds. The minimum Gasteiger partial charge on any atom is -0.481 e. The van der Waals surface area contributed by atoms with E-state index in [1.165, 1.54) is 25.7 Å². The molecule has 2 aliphatic carbocycles. The Balaban J connectivity index is 0.00000144. The fraction of sp³-hybridized carbons (Fsp3) is 0.929. The van der Waals surface area contributed by atoms with Gasteiger partial charge in [0.1, 0.15) is 0 Å². The first kappa shape index (κ1) is 15.0. The topological polar surface area (TPSA) is 37.3 Å². The first-order chi connectivity index (χ1) is 7.70. The van der Waals surface area contributed by atoms with Gasteiger partial charge in [-0.2, -0.15) is 0 Å². The zero-order valence-corrected chi connectivity index (χ0v) is 11.7. The van der Waals surface area contributed by atoms with Crippen molar-refractivity contribution in [3.05, 3.63) is 0 Å². The van der Waals surface area contributed by atoms with Crippen LogP contribution in [0.15, 0.2) is 0 Å². The summed E-state index contributed by atoms with van der Waals surface area (Å²) in [5.74, 6) is 0.684. The summed E-state index contributed by atoms with van der Waals surface area (Å²) in [7, 11) is 0. The Bertz CT molecular complexity index is 261. The van der Waals surface area contributed by atoms with Gasteiger partial charge in [-0.1, -0.05) is 45.4 Å². The third-order valence-electron chi connectivity index (χ3n) is 4.94. The molecule has 1 N–H and O–H groups in total. The third-order valence-corrected chi connectivity index (χ3v) is 4.94. The minimum absolute atomic E-state index is 0. The summed E-state index contributed by atoms with van der Waals surface area (Å²) in [5.41, 5.74) is -0.363. The van der Waals surface area contributed by atoms with Crippen LogP contribution >= 0.6 is 0 Å². The molecule has 0 saturated heterocycles. The molecule has 2 fully saturated rings. The third kappa shape index (κ3) is 2.70. The molecule has 2 aliphatic rings. The second-order valence-electron chi connectivity index (χ2n) is 5.75. The van der Waals surface area contributed by atoms with E-state index >= 15 is 0 Å². The maximum absolute atomic E-state index is 11.7. The zero-order chi connectivity index (χ0) is 11.6. The Labute approximate surface area is 115 Å². The summed E-state index contributed by atoms with van der Waals surface area (Å²) in [6.07, 6.45) is 10.3. The number of aliphatic carboxylic acids is 1. The average molecular weight is 283 g/mol. The standard InChI is InChI=1S/C14H24O2.Co/c1-2-9-14(13(15)16)10-5-7-11-6-3-4-8-12(11)14;/h11-12H,2-10H2,1H3,(H,15,16);. The molecule has 0 aromatic heterocycles. The number of carboxylic acids is 1. The van der Waals surface area contributed by atoms with Crippen molar-refractivity contribution in [3.8, 4) is 0 Å². The van der Waals surface area contributed by atoms with E-state index in [0.717, 1.165) is 32.1 Å². The van der Waals surface area contributed by atoms with Gasteiger partial charge in [-0.05, 0) is 31.1 Å². The van der Waals surface area contributed by atoms with Gasteiger partial charge in [0.25, 0.3) is 0 Å². The van der Waals surface area contributed by atoms with E-state index in [4.69, 9.17) is 0 Å². The predicted molar refractivity (Wildman–Crippen MR) is 64.3 cm³/mol. The molecule has 17 heavy (non-hydrogen) atoms. The van der Waals surface area contributed by atoms with Gasteiger partial charge in [-0.3, -0.25) is 4.79 Å². The van der Waals surface area contributed by atoms with Crippen LogP contribution in [0.5, 0.6) is 0 Å². The Kier molecular flexibility index (Phi) is 5.51. The number of fused-ring (bicyclic) bond motifs is 1. The SMILES string of the molecule is CCCC1(C(=O)O)CCCC2CCCCC21.[Co]. The van der Waals surface area contributed by atoms with Crippen LogP contribution in [-0.4, -0.2) is 11.1 Å². The molecular weight excluding hydrogens is 259 g/mol. The Morgan fingerprint density at radius 3 is 2.53 bits per heavy atom. The van der Waals surface area contributed by atoms with Gasteiger partial charge in [-0.15, -0.1) is 0 Å². The molecule has 0 aliphatic heterocycles. The first-order valence-corrected chi connectivity index (χ1v) is 6.94. The van der Waals surface area contributed by atoms with Crippen LogP contribution in [-0.2, 0) is 21.6 Å². The van der Waals surface area contributed by atoms with Crippen molar-refractivity contribution in [2.45, 2.75) is 64.7 Å². The van der Waals surface area contributed by atoms with E-state index in [0.29, 0.717) is 11.8 Å². The average Bonchev–Trinajstić information content (AvgIpc) is 2.29. The molecule has 3 unspecified atom stereocenters. The van der Waals surface area contributed by atoms with Crippen LogP contribution in [0.1, 0.15) is 64.7 Å². The van der Waals surface area contributed by atoms with E-state index < -0.39 is 5.97 Å². The summed E-state index contributed by atoms with van der Waals surface area (Å²) in [6, 6.07) is 0. The summed E-state index contributed by atoms with van der Waals surface area (Å²) in [4.78, 5) is 11.7. The second-order valence-corrected chi connectivity index (χ2v) is 5.75. The van der Waals surface area contributed by atoms with Crippen molar-refractivity contribution < 1.29 is 26.7 Å². The van der Waals surface area contributed by atoms with Crippen molar-refractivity contribution in [1.82, 2.24) is 0 Å². The molecule has 0 aromatic rings. The quantitative estimate of drug-likeness (QED) is 0.854. The molecular formula is C14H24CoO2. The maximum Gasteiger partial charge on any atom is 0.309 e. The maximum atomic E-state index is 11.7. The molecule has 0 bridgehead atoms. The van der Waals surface area contributed by atoms with Crippen LogP contribution in [0, 0.1) is 17.3 Å². The Hall–Kier alpha value is -0.0235. The van der Waals surface area contributed by atoms with E-state index in [2.05, 4.69) is 6.92 Å². The summed E-state index contributed by atoms with van der Waals surface area (Å²) in [5, 5.41) is 9.66. The van der Waals surface area contributed by atoms with Gasteiger partial charge in [0.15, 0.2) is 0 Å². The van der Waals surface area contributed by atoms with Gasteiger partial charge >= 0.3 is 5.97 Å². The van der Waals surface area contributed by atoms with Crippen LogP contribution in [0.3, 0.4) is 0 Å². The van der Waals surface area contributed by atoms with Crippen LogP contribution in [0.4, 0.5) is 0 Å². The molecule has 0 heterocycles. The van der Waals surface area contributed by atoms with E-state index in [9.17, 15) is 9.90 Å². The fourth-order valence-electron chi connectivity index (χ4n) is 4.27. The molecule has 3 atom stereocenters. The summed E-state index contributed by atoms with van der Waals surface area (Å²) in [6.45, 7) is 2.12. The Morgan fingerprint density at radius 1 is 1.24 bits per heavy atom. The molecule has 2 saturated carbocycles. The summed E-state index contributed by atoms with van der Waals surface area (Å²) >= 11 is 0. The molecule has 2 nitrogen and oxygen atoms in total. The molecule has 1 radical (unpaired) electrons. The molecule has 3 heteroatoms. The Morgan fingerprint density at radius 2 is 1.88 bits per heavy atom. The van der Waals surface area contributed by atoms with Gasteiger partial charge < -0.3 is 5.11 Å². The molecule has 0 aromatic carbocycles. The van der Waals surface area contributed by atoms with Crippen molar-refractivity contribution in [3.63, 3.8) is 0 Å². The zero-order valence-electron chi connectivity index (χ0n) is 10.7. The van der Waals surface area contributed by atoms with Crippen molar-refractivity contribution in [2.75, 3.05) is 0 Å². The fourth-order valence-corrected chi connectivity index (χ4v) is 4.27. The number of hydrogen-bond donors (Lipinski definition) is 1. The number of hydrogen-bond acceptors (Lipinski definition) is 1. The molecule has 2 rings (SSSR count). The van der Waals surface area contributed by atoms with Crippen molar-refractivity contribution in [1.29, 1.82) is 0 Å². The van der Waals surface area contributed by atoms with Crippen molar-refractivity contribution >= 4 is 5.97 Å². The van der Waals surface area contributed by atoms with E-state index in [-0.39, 0.29) is 22.2 Å². The monoisotopic (exact) mass is 283 g/mol. The number of carbonyl (C=O) groups is 1. The van der Waals surface area contributed by atoms with Crippen LogP contribution in [0.2, 0.25) is 0 Å². The van der Waals surface area contributed by atoms with Crippen molar-refractivity contribution in [2.24, 2.45) is 17.3 Å². The van der Waals surface area contributed by atoms with Crippen LogP contribution < -0.4 is 0 Å². The normalized spacial score (nSPS) is 36.8. The van der Waals surface area contributed by atoms with E-state index in [1.807, 2.05) is 0 Å². The smallest absolute Gasteiger partial charge is 0.309 e. The second kappa shape index (κ2) is 6.23. The molecule has 0 spiro atoms. The van der Waals surface area contributed by atoms with Gasteiger partial charge in [0, 0.05) is 16.8 Å². The number of rotatable bonds is 3. The first-order valence-electron chi connectivity index (χ1n) is 6.94. The summed E-state index contributed by atoms with van der Waals surface area (Å²) < 4.78 is 0. The minimum atomic E-state index is -0.508. The van der Waals surface area contributed by atoms with Gasteiger partial charge in [0.05, 0.1) is 5.41 Å². The molecule has 101 valence electrons. The van der Waals surface area contributed by atoms with Crippen LogP contribution in [0.25, 0.3) is 0 Å². The predicted octanol–water partition coefficient (Wildman–Crippen LogP) is 3.85. The number of carboxylic acid groups (broad SMARTS) is 1. The van der Waals surface area contributed by atoms with E-state index in [1.54, 1.807) is 0 Å². The largest absolute Gasteiger partial charge is 0.481 e. The van der Waals surface area contributed by atoms with Gasteiger partial charge in [-0.25, -0.2) is 0 Å².